The maximum atomic E-state index is 11.3. The van der Waals surface area contributed by atoms with Crippen molar-refractivity contribution in [3.05, 3.63) is 29.8 Å². The maximum absolute atomic E-state index is 11.3. The van der Waals surface area contributed by atoms with Crippen molar-refractivity contribution in [2.75, 3.05) is 0 Å². The molecule has 11 heteroatoms. The Morgan fingerprint density at radius 1 is 0.909 bits per heavy atom. The first kappa shape index (κ1) is 16.2. The Morgan fingerprint density at radius 3 is 1.95 bits per heavy atom. The van der Waals surface area contributed by atoms with Gasteiger partial charge in [-0.3, -0.25) is 9.11 Å². The maximum Gasteiger partial charge on any atom is 0.339 e. The number of carbonyl (C=O) groups is 1. The van der Waals surface area contributed by atoms with Crippen molar-refractivity contribution in [3.8, 4) is 5.75 Å². The van der Waals surface area contributed by atoms with Gasteiger partial charge in [-0.25, -0.2) is 4.79 Å². The number of phenols is 1. The number of hydrogen-bond donors (Lipinski definition) is 4. The molecule has 0 bridgehead atoms. The van der Waals surface area contributed by atoms with Gasteiger partial charge in [-0.05, 0) is 18.2 Å². The van der Waals surface area contributed by atoms with E-state index in [4.69, 9.17) is 14.2 Å². The third-order valence-corrected chi connectivity index (χ3v) is 4.59. The fraction of sp³-hybridized carbons (Fsp3) is 0. The quantitative estimate of drug-likeness (QED) is 0.585. The van der Waals surface area contributed by atoms with Crippen molar-refractivity contribution >= 4 is 37.0 Å². The highest BCUT2D eigenvalue weighted by atomic mass is 32.2. The zero-order valence-corrected chi connectivity index (χ0v) is 12.1. The van der Waals surface area contributed by atoms with E-state index in [1.165, 1.54) is 0 Å². The number of hydrogen-bond acceptors (Lipinski definition) is 6. The Bertz CT molecular complexity index is 1000. The van der Waals surface area contributed by atoms with Crippen LogP contribution in [0.2, 0.25) is 0 Å². The van der Waals surface area contributed by atoms with E-state index in [1.807, 2.05) is 0 Å². The molecule has 22 heavy (non-hydrogen) atoms. The first-order valence-corrected chi connectivity index (χ1v) is 8.29. The molecule has 0 fully saturated rings. The highest BCUT2D eigenvalue weighted by molar-refractivity contribution is 7.86. The minimum absolute atomic E-state index is 0.308. The number of rotatable bonds is 3. The summed E-state index contributed by atoms with van der Waals surface area (Å²) in [7, 11) is -9.50. The number of fused-ring (bicyclic) bond motifs is 1. The third kappa shape index (κ3) is 2.74. The standard InChI is InChI=1S/C11H8O9S2/c12-10-7-3-5(21(15,16)17)1-2-6(7)9(22(18,19)20)4-8(10)11(13)14/h1-4,12H,(H,13,14)(H,15,16,17)(H,18,19,20). The molecule has 0 amide bonds. The van der Waals surface area contributed by atoms with E-state index in [2.05, 4.69) is 0 Å². The number of carboxylic acids is 1. The molecule has 0 radical (unpaired) electrons. The molecular weight excluding hydrogens is 340 g/mol. The van der Waals surface area contributed by atoms with Crippen LogP contribution in [0.3, 0.4) is 0 Å². The van der Waals surface area contributed by atoms with E-state index < -0.39 is 52.7 Å². The lowest BCUT2D eigenvalue weighted by molar-refractivity contribution is 0.0693. The Labute approximate surface area is 123 Å². The summed E-state index contributed by atoms with van der Waals surface area (Å²) in [5, 5.41) is 18.0. The summed E-state index contributed by atoms with van der Waals surface area (Å²) in [6, 6.07) is 2.99. The minimum atomic E-state index is -4.84. The van der Waals surface area contributed by atoms with Gasteiger partial charge < -0.3 is 10.2 Å². The molecule has 0 spiro atoms. The Morgan fingerprint density at radius 2 is 1.50 bits per heavy atom. The molecule has 0 heterocycles. The average molecular weight is 348 g/mol. The van der Waals surface area contributed by atoms with Crippen LogP contribution in [-0.2, 0) is 20.2 Å². The number of benzene rings is 2. The van der Waals surface area contributed by atoms with Gasteiger partial charge in [-0.1, -0.05) is 6.07 Å². The number of aromatic hydroxyl groups is 1. The molecule has 2 aromatic rings. The van der Waals surface area contributed by atoms with Crippen molar-refractivity contribution in [3.63, 3.8) is 0 Å². The first-order valence-electron chi connectivity index (χ1n) is 5.41. The molecule has 0 saturated heterocycles. The predicted octanol–water partition coefficient (Wildman–Crippen LogP) is 0.737. The highest BCUT2D eigenvalue weighted by Crippen LogP contribution is 2.35. The average Bonchev–Trinajstić information content (AvgIpc) is 2.35. The van der Waals surface area contributed by atoms with E-state index >= 15 is 0 Å². The van der Waals surface area contributed by atoms with Crippen LogP contribution in [0.1, 0.15) is 10.4 Å². The summed E-state index contributed by atoms with van der Waals surface area (Å²) in [6.45, 7) is 0. The van der Waals surface area contributed by atoms with Crippen molar-refractivity contribution in [1.29, 1.82) is 0 Å². The van der Waals surface area contributed by atoms with Crippen molar-refractivity contribution in [2.24, 2.45) is 0 Å². The van der Waals surface area contributed by atoms with Gasteiger partial charge in [0.2, 0.25) is 0 Å². The van der Waals surface area contributed by atoms with Crippen molar-refractivity contribution in [2.45, 2.75) is 9.79 Å². The van der Waals surface area contributed by atoms with E-state index in [-0.39, 0.29) is 5.39 Å². The lowest BCUT2D eigenvalue weighted by atomic mass is 10.1. The summed E-state index contributed by atoms with van der Waals surface area (Å²) < 4.78 is 62.9. The SMILES string of the molecule is O=C(O)c1cc(S(=O)(=O)O)c2ccc(S(=O)(=O)O)cc2c1O. The molecule has 0 unspecified atom stereocenters. The normalized spacial score (nSPS) is 12.5. The Balaban J connectivity index is 3.06. The van der Waals surface area contributed by atoms with Gasteiger partial charge in [0.05, 0.1) is 4.90 Å². The summed E-state index contributed by atoms with van der Waals surface area (Å²) >= 11 is 0. The van der Waals surface area contributed by atoms with Crippen LogP contribution in [0.15, 0.2) is 34.1 Å². The van der Waals surface area contributed by atoms with Gasteiger partial charge in [0.15, 0.2) is 0 Å². The number of carboxylic acid groups (broad SMARTS) is 1. The minimum Gasteiger partial charge on any atom is -0.506 e. The van der Waals surface area contributed by atoms with E-state index in [9.17, 15) is 26.7 Å². The monoisotopic (exact) mass is 348 g/mol. The lowest BCUT2D eigenvalue weighted by Crippen LogP contribution is -2.05. The van der Waals surface area contributed by atoms with Crippen LogP contribution < -0.4 is 0 Å². The number of aromatic carboxylic acids is 1. The summed E-state index contributed by atoms with van der Waals surface area (Å²) in [4.78, 5) is 9.52. The largest absolute Gasteiger partial charge is 0.506 e. The topological polar surface area (TPSA) is 166 Å². The van der Waals surface area contributed by atoms with Crippen molar-refractivity contribution in [1.82, 2.24) is 0 Å². The van der Waals surface area contributed by atoms with Gasteiger partial charge in [0, 0.05) is 10.8 Å². The first-order chi connectivity index (χ1) is 9.93. The predicted molar refractivity (Wildman–Crippen MR) is 72.2 cm³/mol. The van der Waals surface area contributed by atoms with Crippen LogP contribution in [-0.4, -0.2) is 42.1 Å². The van der Waals surface area contributed by atoms with Crippen LogP contribution in [0, 0.1) is 0 Å². The fourth-order valence-corrected chi connectivity index (χ4v) is 3.12. The summed E-state index contributed by atoms with van der Waals surface area (Å²) in [5.74, 6) is -2.60. The Hall–Kier alpha value is -2.21. The fourth-order valence-electron chi connectivity index (χ4n) is 1.89. The molecule has 118 valence electrons. The third-order valence-electron chi connectivity index (χ3n) is 2.85. The molecule has 2 rings (SSSR count). The zero-order valence-electron chi connectivity index (χ0n) is 10.5. The smallest absolute Gasteiger partial charge is 0.339 e. The van der Waals surface area contributed by atoms with E-state index in [0.717, 1.165) is 12.1 Å². The van der Waals surface area contributed by atoms with Crippen molar-refractivity contribution < 1.29 is 40.9 Å². The second kappa shape index (κ2) is 4.91. The van der Waals surface area contributed by atoms with Crippen LogP contribution in [0.5, 0.6) is 5.75 Å². The molecule has 0 saturated carbocycles. The molecule has 0 atom stereocenters. The van der Waals surface area contributed by atoms with Crippen LogP contribution in [0.4, 0.5) is 0 Å². The summed E-state index contributed by atoms with van der Waals surface area (Å²) in [5.41, 5.74) is -0.854. The molecule has 0 aliphatic heterocycles. The van der Waals surface area contributed by atoms with E-state index in [0.29, 0.717) is 12.1 Å². The zero-order chi connectivity index (χ0) is 16.9. The second-order valence-electron chi connectivity index (χ2n) is 4.23. The molecular formula is C11H8O9S2. The Kier molecular flexibility index (Phi) is 3.61. The second-order valence-corrected chi connectivity index (χ2v) is 7.05. The van der Waals surface area contributed by atoms with Crippen LogP contribution in [0.25, 0.3) is 10.8 Å². The molecule has 9 nitrogen and oxygen atoms in total. The van der Waals surface area contributed by atoms with Crippen LogP contribution >= 0.6 is 0 Å². The van der Waals surface area contributed by atoms with Gasteiger partial charge in [-0.15, -0.1) is 0 Å². The molecule has 0 aliphatic rings. The molecule has 0 aliphatic carbocycles. The van der Waals surface area contributed by atoms with Gasteiger partial charge >= 0.3 is 5.97 Å². The molecule has 2 aromatic carbocycles. The highest BCUT2D eigenvalue weighted by Gasteiger charge is 2.24. The van der Waals surface area contributed by atoms with Gasteiger partial charge in [0.25, 0.3) is 20.2 Å². The summed E-state index contributed by atoms with van der Waals surface area (Å²) in [6.07, 6.45) is 0. The molecule has 0 aromatic heterocycles. The lowest BCUT2D eigenvalue weighted by Gasteiger charge is -2.10. The van der Waals surface area contributed by atoms with E-state index in [1.54, 1.807) is 0 Å². The van der Waals surface area contributed by atoms with Gasteiger partial charge in [-0.2, -0.15) is 16.8 Å². The molecule has 4 N–H and O–H groups in total. The van der Waals surface area contributed by atoms with Gasteiger partial charge in [0.1, 0.15) is 16.2 Å².